The number of carbonyl (C=O) groups is 1. The van der Waals surface area contributed by atoms with E-state index in [1.54, 1.807) is 6.07 Å². The molecule has 0 bridgehead atoms. The zero-order chi connectivity index (χ0) is 10.1. The molecule has 2 aromatic rings. The van der Waals surface area contributed by atoms with Crippen LogP contribution >= 0.6 is 0 Å². The van der Waals surface area contributed by atoms with E-state index in [2.05, 4.69) is 15.9 Å². The number of hydrogen-bond acceptors (Lipinski definition) is 2. The van der Waals surface area contributed by atoms with Crippen LogP contribution in [0.15, 0.2) is 18.2 Å². The first-order chi connectivity index (χ1) is 6.70. The molecule has 4 heteroatoms. The maximum Gasteiger partial charge on any atom is 0.335 e. The summed E-state index contributed by atoms with van der Waals surface area (Å²) in [6, 6.07) is 4.62. The van der Waals surface area contributed by atoms with Crippen molar-refractivity contribution in [1.29, 1.82) is 0 Å². The van der Waals surface area contributed by atoms with Crippen LogP contribution in [0.25, 0.3) is 11.0 Å². The van der Waals surface area contributed by atoms with Gasteiger partial charge in [-0.2, -0.15) is 0 Å². The highest BCUT2D eigenvalue weighted by molar-refractivity contribution is 5.92. The second-order valence-corrected chi connectivity index (χ2v) is 2.77. The third-order valence-electron chi connectivity index (χ3n) is 1.87. The molecule has 0 aliphatic rings. The predicted octanol–water partition coefficient (Wildman–Crippen LogP) is 1.24. The number of carboxylic acid groups (broad SMARTS) is 1. The number of aromatic carboxylic acids is 1. The average molecular weight is 186 g/mol. The lowest BCUT2D eigenvalue weighted by Crippen LogP contribution is -1.94. The van der Waals surface area contributed by atoms with Crippen LogP contribution in [0.5, 0.6) is 0 Å². The third-order valence-corrected chi connectivity index (χ3v) is 1.87. The van der Waals surface area contributed by atoms with Gasteiger partial charge in [-0.1, -0.05) is 0 Å². The smallest absolute Gasteiger partial charge is 0.335 e. The summed E-state index contributed by atoms with van der Waals surface area (Å²) in [7, 11) is 0. The van der Waals surface area contributed by atoms with Gasteiger partial charge in [0, 0.05) is 0 Å². The molecular formula is C10H6N2O2. The van der Waals surface area contributed by atoms with E-state index in [0.29, 0.717) is 16.9 Å². The normalized spacial score (nSPS) is 9.93. The van der Waals surface area contributed by atoms with Gasteiger partial charge in [-0.15, -0.1) is 6.42 Å². The van der Waals surface area contributed by atoms with Gasteiger partial charge in [-0.3, -0.25) is 0 Å². The van der Waals surface area contributed by atoms with E-state index in [0.717, 1.165) is 0 Å². The van der Waals surface area contributed by atoms with Gasteiger partial charge in [0.2, 0.25) is 0 Å². The van der Waals surface area contributed by atoms with Crippen LogP contribution < -0.4 is 0 Å². The Bertz CT molecular complexity index is 549. The van der Waals surface area contributed by atoms with Gasteiger partial charge in [-0.25, -0.2) is 9.78 Å². The fourth-order valence-corrected chi connectivity index (χ4v) is 1.21. The van der Waals surface area contributed by atoms with Crippen molar-refractivity contribution in [2.45, 2.75) is 0 Å². The minimum absolute atomic E-state index is 0.213. The lowest BCUT2D eigenvalue weighted by Gasteiger charge is -1.92. The zero-order valence-corrected chi connectivity index (χ0v) is 7.11. The van der Waals surface area contributed by atoms with Crippen molar-refractivity contribution < 1.29 is 9.90 Å². The summed E-state index contributed by atoms with van der Waals surface area (Å²) in [6.07, 6.45) is 5.15. The first-order valence-electron chi connectivity index (χ1n) is 3.90. The van der Waals surface area contributed by atoms with Gasteiger partial charge in [-0.05, 0) is 24.1 Å². The summed E-state index contributed by atoms with van der Waals surface area (Å²) in [4.78, 5) is 17.5. The first-order valence-corrected chi connectivity index (χ1v) is 3.90. The van der Waals surface area contributed by atoms with Crippen molar-refractivity contribution in [3.8, 4) is 12.3 Å². The lowest BCUT2D eigenvalue weighted by atomic mass is 10.2. The Balaban J connectivity index is 2.66. The highest BCUT2D eigenvalue weighted by Gasteiger charge is 2.05. The maximum absolute atomic E-state index is 10.6. The van der Waals surface area contributed by atoms with E-state index in [1.165, 1.54) is 12.1 Å². The summed E-state index contributed by atoms with van der Waals surface area (Å²) < 4.78 is 0. The van der Waals surface area contributed by atoms with Crippen LogP contribution in [0, 0.1) is 12.3 Å². The second kappa shape index (κ2) is 2.89. The summed E-state index contributed by atoms with van der Waals surface area (Å²) in [5, 5.41) is 8.73. The van der Waals surface area contributed by atoms with Gasteiger partial charge in [0.15, 0.2) is 5.82 Å². The Morgan fingerprint density at radius 2 is 2.36 bits per heavy atom. The van der Waals surface area contributed by atoms with Crippen molar-refractivity contribution >= 4 is 17.0 Å². The molecule has 2 N–H and O–H groups in total. The van der Waals surface area contributed by atoms with Crippen molar-refractivity contribution in [2.24, 2.45) is 0 Å². The number of aromatic nitrogens is 2. The van der Waals surface area contributed by atoms with Crippen LogP contribution in [0.3, 0.4) is 0 Å². The van der Waals surface area contributed by atoms with E-state index in [1.807, 2.05) is 0 Å². The van der Waals surface area contributed by atoms with Gasteiger partial charge in [0.25, 0.3) is 0 Å². The van der Waals surface area contributed by atoms with E-state index in [4.69, 9.17) is 11.5 Å². The van der Waals surface area contributed by atoms with Crippen molar-refractivity contribution in [2.75, 3.05) is 0 Å². The van der Waals surface area contributed by atoms with E-state index in [-0.39, 0.29) is 5.56 Å². The molecule has 0 fully saturated rings. The molecule has 0 saturated carbocycles. The molecule has 1 aromatic carbocycles. The molecule has 0 aliphatic heterocycles. The number of nitrogens with one attached hydrogen (secondary N) is 1. The fourth-order valence-electron chi connectivity index (χ4n) is 1.21. The lowest BCUT2D eigenvalue weighted by molar-refractivity contribution is 0.0697. The molecule has 0 radical (unpaired) electrons. The largest absolute Gasteiger partial charge is 0.478 e. The number of H-pyrrole nitrogens is 1. The SMILES string of the molecule is C#Cc1nc2ccc(C(=O)O)cc2[nH]1. The monoisotopic (exact) mass is 186 g/mol. The molecule has 2 rings (SSSR count). The molecule has 0 unspecified atom stereocenters. The molecule has 1 aromatic heterocycles. The highest BCUT2D eigenvalue weighted by Crippen LogP contribution is 2.13. The first kappa shape index (κ1) is 8.32. The number of rotatable bonds is 1. The van der Waals surface area contributed by atoms with Crippen molar-refractivity contribution in [1.82, 2.24) is 9.97 Å². The standard InChI is InChI=1S/C10H6N2O2/c1-2-9-11-7-4-3-6(10(13)14)5-8(7)12-9/h1,3-5H,(H,11,12)(H,13,14). The maximum atomic E-state index is 10.6. The quantitative estimate of drug-likeness (QED) is 0.658. The molecule has 0 amide bonds. The fraction of sp³-hybridized carbons (Fsp3) is 0. The summed E-state index contributed by atoms with van der Waals surface area (Å²) >= 11 is 0. The molecule has 0 atom stereocenters. The Kier molecular flexibility index (Phi) is 1.72. The predicted molar refractivity (Wildman–Crippen MR) is 51.0 cm³/mol. The molecular weight excluding hydrogens is 180 g/mol. The van der Waals surface area contributed by atoms with Gasteiger partial charge >= 0.3 is 5.97 Å². The number of imidazole rings is 1. The Morgan fingerprint density at radius 1 is 1.57 bits per heavy atom. The van der Waals surface area contributed by atoms with Gasteiger partial charge in [0.05, 0.1) is 16.6 Å². The van der Waals surface area contributed by atoms with Crippen LogP contribution in [0.4, 0.5) is 0 Å². The number of nitrogens with zero attached hydrogens (tertiary/aromatic N) is 1. The second-order valence-electron chi connectivity index (χ2n) is 2.77. The molecule has 14 heavy (non-hydrogen) atoms. The Hall–Kier alpha value is -2.28. The van der Waals surface area contributed by atoms with Crippen molar-refractivity contribution in [3.05, 3.63) is 29.6 Å². The number of terminal acetylenes is 1. The molecule has 68 valence electrons. The topological polar surface area (TPSA) is 66.0 Å². The van der Waals surface area contributed by atoms with Gasteiger partial charge < -0.3 is 10.1 Å². The number of carboxylic acids is 1. The average Bonchev–Trinajstić information content (AvgIpc) is 2.58. The molecule has 1 heterocycles. The van der Waals surface area contributed by atoms with E-state index >= 15 is 0 Å². The molecule has 4 nitrogen and oxygen atoms in total. The molecule has 0 spiro atoms. The number of fused-ring (bicyclic) bond motifs is 1. The summed E-state index contributed by atoms with van der Waals surface area (Å²) in [5.74, 6) is 1.79. The zero-order valence-electron chi connectivity index (χ0n) is 7.11. The van der Waals surface area contributed by atoms with E-state index in [9.17, 15) is 4.79 Å². The summed E-state index contributed by atoms with van der Waals surface area (Å²) in [5.41, 5.74) is 1.52. The van der Waals surface area contributed by atoms with Crippen LogP contribution in [0.2, 0.25) is 0 Å². The number of aromatic amines is 1. The van der Waals surface area contributed by atoms with Crippen LogP contribution in [-0.2, 0) is 0 Å². The minimum Gasteiger partial charge on any atom is -0.478 e. The third kappa shape index (κ3) is 1.21. The van der Waals surface area contributed by atoms with Crippen LogP contribution in [-0.4, -0.2) is 21.0 Å². The molecule has 0 saturated heterocycles. The molecule has 0 aliphatic carbocycles. The van der Waals surface area contributed by atoms with Gasteiger partial charge in [0.1, 0.15) is 0 Å². The minimum atomic E-state index is -0.969. The van der Waals surface area contributed by atoms with E-state index < -0.39 is 5.97 Å². The summed E-state index contributed by atoms with van der Waals surface area (Å²) in [6.45, 7) is 0. The number of hydrogen-bond donors (Lipinski definition) is 2. The highest BCUT2D eigenvalue weighted by atomic mass is 16.4. The van der Waals surface area contributed by atoms with Crippen LogP contribution in [0.1, 0.15) is 16.2 Å². The Labute approximate surface area is 79.6 Å². The van der Waals surface area contributed by atoms with Crippen molar-refractivity contribution in [3.63, 3.8) is 0 Å². The number of benzene rings is 1. The Morgan fingerprint density at radius 3 is 3.00 bits per heavy atom.